The fourth-order valence-electron chi connectivity index (χ4n) is 3.86. The predicted octanol–water partition coefficient (Wildman–Crippen LogP) is 3.77. The van der Waals surface area contributed by atoms with Gasteiger partial charge in [-0.15, -0.1) is 0 Å². The maximum Gasteiger partial charge on any atom is 0.308 e. The topological polar surface area (TPSA) is 40.5 Å². The second kappa shape index (κ2) is 6.97. The third-order valence-electron chi connectivity index (χ3n) is 4.91. The molecule has 1 saturated heterocycles. The molecule has 1 heterocycles. The summed E-state index contributed by atoms with van der Waals surface area (Å²) in [6, 6.07) is 20.5. The maximum absolute atomic E-state index is 11.9. The summed E-state index contributed by atoms with van der Waals surface area (Å²) in [6.45, 7) is 3.70. The third-order valence-corrected chi connectivity index (χ3v) is 4.91. The van der Waals surface area contributed by atoms with Crippen molar-refractivity contribution in [2.45, 2.75) is 31.8 Å². The molecule has 23 heavy (non-hydrogen) atoms. The summed E-state index contributed by atoms with van der Waals surface area (Å²) < 4.78 is 0. The molecular weight excluding hydrogens is 286 g/mol. The molecule has 1 N–H and O–H groups in total. The fraction of sp³-hybridized carbons (Fsp3) is 0.350. The van der Waals surface area contributed by atoms with Crippen molar-refractivity contribution >= 4 is 5.97 Å². The Kier molecular flexibility index (Phi) is 4.77. The van der Waals surface area contributed by atoms with Crippen LogP contribution in [0.1, 0.15) is 30.4 Å². The molecular formula is C20H23NO2. The van der Waals surface area contributed by atoms with E-state index in [2.05, 4.69) is 36.1 Å². The van der Waals surface area contributed by atoms with Gasteiger partial charge in [0.15, 0.2) is 0 Å². The normalized spacial score (nSPS) is 24.7. The first kappa shape index (κ1) is 15.8. The van der Waals surface area contributed by atoms with E-state index in [4.69, 9.17) is 0 Å². The van der Waals surface area contributed by atoms with Crippen LogP contribution >= 0.6 is 0 Å². The number of carboxylic acids is 1. The molecule has 0 aromatic heterocycles. The van der Waals surface area contributed by atoms with E-state index in [0.717, 1.165) is 25.1 Å². The number of nitrogens with zero attached hydrogens (tertiary/aromatic N) is 1. The van der Waals surface area contributed by atoms with Crippen molar-refractivity contribution in [3.05, 3.63) is 71.8 Å². The Labute approximate surface area is 137 Å². The van der Waals surface area contributed by atoms with Crippen molar-refractivity contribution in [2.75, 3.05) is 6.54 Å². The van der Waals surface area contributed by atoms with Gasteiger partial charge in [-0.2, -0.15) is 0 Å². The molecule has 1 aliphatic rings. The standard InChI is InChI=1S/C20H23NO2/c1-2-18-19(20(22)23)17(16-11-7-4-8-12-16)14-21(18)13-15-9-5-3-6-10-15/h3-12,17-19H,2,13-14H2,1H3,(H,22,23). The smallest absolute Gasteiger partial charge is 0.308 e. The average Bonchev–Trinajstić information content (AvgIpc) is 2.95. The molecule has 1 aliphatic heterocycles. The SMILES string of the molecule is CCC1C(C(=O)O)C(c2ccccc2)CN1Cc1ccccc1. The van der Waals surface area contributed by atoms with E-state index >= 15 is 0 Å². The van der Waals surface area contributed by atoms with Crippen LogP contribution in [-0.2, 0) is 11.3 Å². The van der Waals surface area contributed by atoms with Crippen molar-refractivity contribution in [1.82, 2.24) is 4.90 Å². The van der Waals surface area contributed by atoms with Gasteiger partial charge in [-0.05, 0) is 17.5 Å². The van der Waals surface area contributed by atoms with E-state index < -0.39 is 5.97 Å². The molecule has 3 unspecified atom stereocenters. The molecule has 0 amide bonds. The minimum absolute atomic E-state index is 0.0577. The van der Waals surface area contributed by atoms with Gasteiger partial charge < -0.3 is 5.11 Å². The number of carbonyl (C=O) groups is 1. The molecule has 2 aromatic carbocycles. The number of rotatable bonds is 5. The number of carboxylic acid groups (broad SMARTS) is 1. The van der Waals surface area contributed by atoms with Gasteiger partial charge in [0.1, 0.15) is 0 Å². The van der Waals surface area contributed by atoms with Crippen molar-refractivity contribution in [3.8, 4) is 0 Å². The van der Waals surface area contributed by atoms with Crippen LogP contribution < -0.4 is 0 Å². The molecule has 0 spiro atoms. The zero-order chi connectivity index (χ0) is 16.2. The van der Waals surface area contributed by atoms with Crippen molar-refractivity contribution in [3.63, 3.8) is 0 Å². The summed E-state index contributed by atoms with van der Waals surface area (Å²) in [7, 11) is 0. The molecule has 0 saturated carbocycles. The van der Waals surface area contributed by atoms with Gasteiger partial charge in [-0.25, -0.2) is 0 Å². The maximum atomic E-state index is 11.9. The van der Waals surface area contributed by atoms with Gasteiger partial charge in [-0.1, -0.05) is 67.6 Å². The molecule has 120 valence electrons. The number of benzene rings is 2. The summed E-state index contributed by atoms with van der Waals surface area (Å²) in [5, 5.41) is 9.80. The van der Waals surface area contributed by atoms with Crippen LogP contribution in [0.5, 0.6) is 0 Å². The highest BCUT2D eigenvalue weighted by atomic mass is 16.4. The minimum Gasteiger partial charge on any atom is -0.481 e. The predicted molar refractivity (Wildman–Crippen MR) is 91.2 cm³/mol. The second-order valence-electron chi connectivity index (χ2n) is 6.27. The van der Waals surface area contributed by atoms with E-state index in [1.807, 2.05) is 36.4 Å². The lowest BCUT2D eigenvalue weighted by Gasteiger charge is -2.25. The molecule has 0 aliphatic carbocycles. The van der Waals surface area contributed by atoms with Crippen LogP contribution in [0, 0.1) is 5.92 Å². The molecule has 3 heteroatoms. The van der Waals surface area contributed by atoms with Crippen LogP contribution in [0.2, 0.25) is 0 Å². The molecule has 0 bridgehead atoms. The Hall–Kier alpha value is -2.13. The molecule has 3 atom stereocenters. The van der Waals surface area contributed by atoms with Gasteiger partial charge >= 0.3 is 5.97 Å². The Morgan fingerprint density at radius 1 is 1.09 bits per heavy atom. The first-order valence-corrected chi connectivity index (χ1v) is 8.26. The zero-order valence-corrected chi connectivity index (χ0v) is 13.4. The lowest BCUT2D eigenvalue weighted by atomic mass is 9.84. The molecule has 0 radical (unpaired) electrons. The lowest BCUT2D eigenvalue weighted by molar-refractivity contribution is -0.143. The molecule has 1 fully saturated rings. The Morgan fingerprint density at radius 3 is 2.26 bits per heavy atom. The van der Waals surface area contributed by atoms with E-state index in [1.54, 1.807) is 0 Å². The quantitative estimate of drug-likeness (QED) is 0.914. The summed E-state index contributed by atoms with van der Waals surface area (Å²) >= 11 is 0. The van der Waals surface area contributed by atoms with Crippen LogP contribution in [0.15, 0.2) is 60.7 Å². The lowest BCUT2D eigenvalue weighted by Crippen LogP contribution is -2.35. The highest BCUT2D eigenvalue weighted by Crippen LogP contribution is 2.39. The van der Waals surface area contributed by atoms with Crippen LogP contribution in [-0.4, -0.2) is 28.6 Å². The monoisotopic (exact) mass is 309 g/mol. The largest absolute Gasteiger partial charge is 0.481 e. The third kappa shape index (κ3) is 3.30. The first-order valence-electron chi connectivity index (χ1n) is 8.26. The molecule has 3 rings (SSSR count). The summed E-state index contributed by atoms with van der Waals surface area (Å²) in [5.74, 6) is -0.963. The van der Waals surface area contributed by atoms with Crippen molar-refractivity contribution in [2.24, 2.45) is 5.92 Å². The van der Waals surface area contributed by atoms with E-state index in [1.165, 1.54) is 5.56 Å². The van der Waals surface area contributed by atoms with Crippen LogP contribution in [0.4, 0.5) is 0 Å². The molecule has 2 aromatic rings. The van der Waals surface area contributed by atoms with E-state index in [-0.39, 0.29) is 17.9 Å². The highest BCUT2D eigenvalue weighted by molar-refractivity contribution is 5.73. The number of hydrogen-bond donors (Lipinski definition) is 1. The average molecular weight is 309 g/mol. The Bertz CT molecular complexity index is 641. The van der Waals surface area contributed by atoms with Gasteiger partial charge in [0.05, 0.1) is 5.92 Å². The Balaban J connectivity index is 1.88. The van der Waals surface area contributed by atoms with E-state index in [9.17, 15) is 9.90 Å². The first-order chi connectivity index (χ1) is 11.2. The van der Waals surface area contributed by atoms with Crippen molar-refractivity contribution < 1.29 is 9.90 Å². The van der Waals surface area contributed by atoms with Crippen LogP contribution in [0.3, 0.4) is 0 Å². The fourth-order valence-corrected chi connectivity index (χ4v) is 3.86. The van der Waals surface area contributed by atoms with Crippen LogP contribution in [0.25, 0.3) is 0 Å². The van der Waals surface area contributed by atoms with Gasteiger partial charge in [0.2, 0.25) is 0 Å². The zero-order valence-electron chi connectivity index (χ0n) is 13.4. The number of likely N-dealkylation sites (tertiary alicyclic amines) is 1. The number of aliphatic carboxylic acids is 1. The second-order valence-corrected chi connectivity index (χ2v) is 6.27. The van der Waals surface area contributed by atoms with Crippen molar-refractivity contribution in [1.29, 1.82) is 0 Å². The Morgan fingerprint density at radius 2 is 1.70 bits per heavy atom. The van der Waals surface area contributed by atoms with Gasteiger partial charge in [0.25, 0.3) is 0 Å². The number of hydrogen-bond acceptors (Lipinski definition) is 2. The van der Waals surface area contributed by atoms with Gasteiger partial charge in [-0.3, -0.25) is 9.69 Å². The highest BCUT2D eigenvalue weighted by Gasteiger charge is 2.45. The summed E-state index contributed by atoms with van der Waals surface area (Å²) in [4.78, 5) is 14.3. The summed E-state index contributed by atoms with van der Waals surface area (Å²) in [5.41, 5.74) is 2.37. The molecule has 3 nitrogen and oxygen atoms in total. The van der Waals surface area contributed by atoms with Gasteiger partial charge in [0, 0.05) is 25.0 Å². The minimum atomic E-state index is -0.679. The summed E-state index contributed by atoms with van der Waals surface area (Å²) in [6.07, 6.45) is 0.854. The van der Waals surface area contributed by atoms with E-state index in [0.29, 0.717) is 0 Å².